The van der Waals surface area contributed by atoms with Crippen molar-refractivity contribution in [3.05, 3.63) is 78.0 Å². The number of hydrogen-bond donors (Lipinski definition) is 1. The van der Waals surface area contributed by atoms with Crippen LogP contribution in [0.15, 0.2) is 61.1 Å². The van der Waals surface area contributed by atoms with Crippen molar-refractivity contribution in [2.75, 3.05) is 5.32 Å². The topological polar surface area (TPSA) is 66.0 Å². The van der Waals surface area contributed by atoms with E-state index >= 15 is 0 Å². The van der Waals surface area contributed by atoms with Crippen molar-refractivity contribution < 1.29 is 17.6 Å². The second kappa shape index (κ2) is 6.91. The zero-order valence-corrected chi connectivity index (χ0v) is 14.6. The number of nitrogens with one attached hydrogen (secondary N) is 1. The van der Waals surface area contributed by atoms with Gasteiger partial charge in [-0.25, -0.2) is 14.4 Å². The molecule has 2 aromatic heterocycles. The Morgan fingerprint density at radius 3 is 2.66 bits per heavy atom. The van der Waals surface area contributed by atoms with Gasteiger partial charge in [0, 0.05) is 23.6 Å². The van der Waals surface area contributed by atoms with Crippen molar-refractivity contribution in [2.24, 2.45) is 0 Å². The first-order valence-electron chi connectivity index (χ1n) is 8.33. The summed E-state index contributed by atoms with van der Waals surface area (Å²) < 4.78 is 54.0. The molecular weight excluding hydrogens is 386 g/mol. The Labute approximate surface area is 161 Å². The van der Waals surface area contributed by atoms with Gasteiger partial charge in [0.1, 0.15) is 11.9 Å². The zero-order chi connectivity index (χ0) is 20.6. The number of rotatable bonds is 3. The van der Waals surface area contributed by atoms with Crippen LogP contribution in [0, 0.1) is 17.1 Å². The number of halogens is 4. The highest BCUT2D eigenvalue weighted by atomic mass is 19.4. The molecule has 0 atom stereocenters. The third kappa shape index (κ3) is 3.48. The van der Waals surface area contributed by atoms with Gasteiger partial charge in [0.15, 0.2) is 11.5 Å². The maximum atomic E-state index is 13.6. The summed E-state index contributed by atoms with van der Waals surface area (Å²) in [5.74, 6) is -0.376. The van der Waals surface area contributed by atoms with Crippen molar-refractivity contribution in [3.63, 3.8) is 0 Å². The number of nitrogens with zero attached hydrogens (tertiary/aromatic N) is 4. The molecule has 2 aromatic carbocycles. The van der Waals surface area contributed by atoms with Crippen molar-refractivity contribution in [2.45, 2.75) is 6.18 Å². The molecule has 0 unspecified atom stereocenters. The second-order valence-electron chi connectivity index (χ2n) is 6.12. The molecule has 0 spiro atoms. The van der Waals surface area contributed by atoms with Crippen LogP contribution < -0.4 is 5.32 Å². The molecule has 1 N–H and O–H groups in total. The lowest BCUT2D eigenvalue weighted by atomic mass is 10.1. The van der Waals surface area contributed by atoms with E-state index in [1.165, 1.54) is 42.7 Å². The predicted molar refractivity (Wildman–Crippen MR) is 97.8 cm³/mol. The molecule has 9 heteroatoms. The molecule has 29 heavy (non-hydrogen) atoms. The molecule has 0 saturated heterocycles. The Bertz CT molecular complexity index is 1250. The van der Waals surface area contributed by atoms with E-state index in [0.717, 1.165) is 12.1 Å². The summed E-state index contributed by atoms with van der Waals surface area (Å²) in [5.41, 5.74) is 0.821. The summed E-state index contributed by atoms with van der Waals surface area (Å²) in [5, 5.41) is 11.9. The van der Waals surface area contributed by atoms with Crippen molar-refractivity contribution in [1.82, 2.24) is 14.4 Å². The molecule has 0 aliphatic rings. The van der Waals surface area contributed by atoms with E-state index in [-0.39, 0.29) is 17.1 Å². The molecule has 0 aliphatic carbocycles. The fourth-order valence-corrected chi connectivity index (χ4v) is 2.90. The van der Waals surface area contributed by atoms with Crippen LogP contribution >= 0.6 is 0 Å². The summed E-state index contributed by atoms with van der Waals surface area (Å²) >= 11 is 0. The number of fused-ring (bicyclic) bond motifs is 1. The van der Waals surface area contributed by atoms with E-state index in [0.29, 0.717) is 16.9 Å². The molecule has 4 rings (SSSR count). The summed E-state index contributed by atoms with van der Waals surface area (Å²) in [6.07, 6.45) is 0.134. The van der Waals surface area contributed by atoms with Gasteiger partial charge in [-0.2, -0.15) is 18.4 Å². The van der Waals surface area contributed by atoms with E-state index in [2.05, 4.69) is 15.3 Å². The van der Waals surface area contributed by atoms with Crippen LogP contribution in [0.25, 0.3) is 16.9 Å². The van der Waals surface area contributed by atoms with Gasteiger partial charge in [0.05, 0.1) is 23.0 Å². The molecule has 0 saturated carbocycles. The average Bonchev–Trinajstić information content (AvgIpc) is 3.13. The molecule has 144 valence electrons. The monoisotopic (exact) mass is 397 g/mol. The minimum atomic E-state index is -4.46. The second-order valence-corrected chi connectivity index (χ2v) is 6.12. The molecule has 0 aliphatic heterocycles. The first-order valence-corrected chi connectivity index (χ1v) is 8.33. The van der Waals surface area contributed by atoms with Crippen LogP contribution in [0.2, 0.25) is 0 Å². The molecule has 4 aromatic rings. The zero-order valence-electron chi connectivity index (χ0n) is 14.6. The number of aromatic nitrogens is 3. The van der Waals surface area contributed by atoms with E-state index in [1.54, 1.807) is 16.7 Å². The third-order valence-corrected chi connectivity index (χ3v) is 4.26. The van der Waals surface area contributed by atoms with Crippen LogP contribution in [-0.4, -0.2) is 14.4 Å². The quantitative estimate of drug-likeness (QED) is 0.485. The Kier molecular flexibility index (Phi) is 4.39. The van der Waals surface area contributed by atoms with Crippen LogP contribution in [0.3, 0.4) is 0 Å². The van der Waals surface area contributed by atoms with Gasteiger partial charge < -0.3 is 5.32 Å². The van der Waals surface area contributed by atoms with Crippen LogP contribution in [0.5, 0.6) is 0 Å². The normalized spacial score (nSPS) is 11.4. The Hall–Kier alpha value is -3.93. The first-order chi connectivity index (χ1) is 13.9. The standard InChI is InChI=1S/C20H11F4N5/c21-16-5-4-12(8-13(16)10-25)17-11-27-19-18(26-6-7-29(17)19)28-15-3-1-2-14(9-15)20(22,23)24/h1-9,11H,(H,26,28). The third-order valence-electron chi connectivity index (χ3n) is 4.26. The lowest BCUT2D eigenvalue weighted by molar-refractivity contribution is -0.137. The molecule has 2 heterocycles. The minimum absolute atomic E-state index is 0.103. The van der Waals surface area contributed by atoms with Crippen molar-refractivity contribution in [1.29, 1.82) is 5.26 Å². The summed E-state index contributed by atoms with van der Waals surface area (Å²) in [6.45, 7) is 0. The molecular formula is C20H11F4N5. The minimum Gasteiger partial charge on any atom is -0.337 e. The Balaban J connectivity index is 1.75. The van der Waals surface area contributed by atoms with E-state index < -0.39 is 17.6 Å². The van der Waals surface area contributed by atoms with Crippen molar-refractivity contribution >= 4 is 17.2 Å². The highest BCUT2D eigenvalue weighted by molar-refractivity contribution is 5.74. The smallest absolute Gasteiger partial charge is 0.337 e. The summed E-state index contributed by atoms with van der Waals surface area (Å²) in [4.78, 5) is 8.44. The number of anilines is 2. The van der Waals surface area contributed by atoms with Gasteiger partial charge in [-0.1, -0.05) is 6.07 Å². The molecule has 0 radical (unpaired) electrons. The van der Waals surface area contributed by atoms with Gasteiger partial charge >= 0.3 is 6.18 Å². The van der Waals surface area contributed by atoms with Gasteiger partial charge in [-0.3, -0.25) is 4.40 Å². The molecule has 0 bridgehead atoms. The number of benzene rings is 2. The number of imidazole rings is 1. The van der Waals surface area contributed by atoms with Crippen LogP contribution in [0.1, 0.15) is 11.1 Å². The lowest BCUT2D eigenvalue weighted by Crippen LogP contribution is -2.05. The summed E-state index contributed by atoms with van der Waals surface area (Å²) in [7, 11) is 0. The van der Waals surface area contributed by atoms with Gasteiger partial charge in [0.2, 0.25) is 0 Å². The van der Waals surface area contributed by atoms with Gasteiger partial charge in [-0.05, 0) is 36.4 Å². The van der Waals surface area contributed by atoms with Crippen LogP contribution in [0.4, 0.5) is 29.1 Å². The maximum absolute atomic E-state index is 13.6. The van der Waals surface area contributed by atoms with E-state index in [9.17, 15) is 17.6 Å². The number of hydrogen-bond acceptors (Lipinski definition) is 4. The highest BCUT2D eigenvalue weighted by Gasteiger charge is 2.30. The van der Waals surface area contributed by atoms with E-state index in [4.69, 9.17) is 5.26 Å². The Morgan fingerprint density at radius 1 is 1.07 bits per heavy atom. The maximum Gasteiger partial charge on any atom is 0.416 e. The first kappa shape index (κ1) is 18.4. The van der Waals surface area contributed by atoms with Gasteiger partial charge in [-0.15, -0.1) is 0 Å². The Morgan fingerprint density at radius 2 is 1.90 bits per heavy atom. The predicted octanol–water partition coefficient (Wildman–Crippen LogP) is 5.17. The molecule has 0 amide bonds. The van der Waals surface area contributed by atoms with Gasteiger partial charge in [0.25, 0.3) is 0 Å². The van der Waals surface area contributed by atoms with Crippen LogP contribution in [-0.2, 0) is 6.18 Å². The average molecular weight is 397 g/mol. The largest absolute Gasteiger partial charge is 0.416 e. The van der Waals surface area contributed by atoms with Crippen molar-refractivity contribution in [3.8, 4) is 17.3 Å². The fraction of sp³-hybridized carbons (Fsp3) is 0.0500. The fourth-order valence-electron chi connectivity index (χ4n) is 2.90. The molecule has 0 fully saturated rings. The highest BCUT2D eigenvalue weighted by Crippen LogP contribution is 2.32. The number of nitriles is 1. The molecule has 5 nitrogen and oxygen atoms in total. The SMILES string of the molecule is N#Cc1cc(-c2cnc3c(Nc4cccc(C(F)(F)F)c4)nccn23)ccc1F. The van der Waals surface area contributed by atoms with E-state index in [1.807, 2.05) is 0 Å². The lowest BCUT2D eigenvalue weighted by Gasteiger charge is -2.11. The number of alkyl halides is 3. The summed E-state index contributed by atoms with van der Waals surface area (Å²) in [6, 6.07) is 10.6.